The molecular formula is C29H28O5. The average molecular weight is 457 g/mol. The normalized spacial score (nSPS) is 10.7. The highest BCUT2D eigenvalue weighted by Gasteiger charge is 2.17. The van der Waals surface area contributed by atoms with Gasteiger partial charge in [-0.05, 0) is 46.5 Å². The fourth-order valence-electron chi connectivity index (χ4n) is 3.62. The number of hydrogen-bond acceptors (Lipinski definition) is 5. The first kappa shape index (κ1) is 23.2. The number of benzene rings is 4. The third-order valence-electron chi connectivity index (χ3n) is 5.48. The maximum absolute atomic E-state index is 11.1. The Labute approximate surface area is 200 Å². The summed E-state index contributed by atoms with van der Waals surface area (Å²) in [5, 5.41) is 11.1. The van der Waals surface area contributed by atoms with Gasteiger partial charge in [0, 0.05) is 0 Å². The van der Waals surface area contributed by atoms with Crippen molar-refractivity contribution in [1.82, 2.24) is 0 Å². The van der Waals surface area contributed by atoms with Crippen molar-refractivity contribution in [3.8, 4) is 23.0 Å². The van der Waals surface area contributed by atoms with Crippen LogP contribution in [0, 0.1) is 0 Å². The molecule has 0 amide bonds. The minimum atomic E-state index is -0.880. The van der Waals surface area contributed by atoms with Gasteiger partial charge in [0.2, 0.25) is 0 Å². The van der Waals surface area contributed by atoms with Gasteiger partial charge in [-0.1, -0.05) is 72.8 Å². The second kappa shape index (κ2) is 11.3. The van der Waals surface area contributed by atoms with E-state index in [1.165, 1.54) is 0 Å². The number of aliphatic hydroxyl groups excluding tert-OH is 1. The van der Waals surface area contributed by atoms with Crippen molar-refractivity contribution >= 4 is 0 Å². The van der Waals surface area contributed by atoms with E-state index in [9.17, 15) is 5.11 Å². The molecule has 0 spiro atoms. The maximum atomic E-state index is 11.1. The van der Waals surface area contributed by atoms with Gasteiger partial charge in [-0.25, -0.2) is 0 Å². The summed E-state index contributed by atoms with van der Waals surface area (Å²) in [6.07, 6.45) is -0.880. The molecule has 5 nitrogen and oxygen atoms in total. The average Bonchev–Trinajstić information content (AvgIpc) is 2.91. The Morgan fingerprint density at radius 3 is 1.35 bits per heavy atom. The molecule has 4 rings (SSSR count). The summed E-state index contributed by atoms with van der Waals surface area (Å²) in [7, 11) is 3.20. The van der Waals surface area contributed by atoms with E-state index in [2.05, 4.69) is 0 Å². The van der Waals surface area contributed by atoms with Crippen LogP contribution in [0.1, 0.15) is 28.4 Å². The van der Waals surface area contributed by atoms with E-state index in [1.807, 2.05) is 72.8 Å². The predicted octanol–water partition coefficient (Wildman–Crippen LogP) is 5.94. The van der Waals surface area contributed by atoms with E-state index in [0.29, 0.717) is 47.3 Å². The summed E-state index contributed by atoms with van der Waals surface area (Å²) in [5.41, 5.74) is 3.46. The molecule has 0 saturated heterocycles. The molecule has 0 radical (unpaired) electrons. The summed E-state index contributed by atoms with van der Waals surface area (Å²) in [6.45, 7) is 0.799. The predicted molar refractivity (Wildman–Crippen MR) is 132 cm³/mol. The summed E-state index contributed by atoms with van der Waals surface area (Å²) in [5.74, 6) is 2.34. The lowest BCUT2D eigenvalue weighted by Crippen LogP contribution is -2.04. The van der Waals surface area contributed by atoms with Crippen molar-refractivity contribution in [2.24, 2.45) is 0 Å². The molecule has 4 aromatic carbocycles. The minimum absolute atomic E-state index is 0.400. The van der Waals surface area contributed by atoms with Crippen molar-refractivity contribution in [2.75, 3.05) is 14.2 Å². The van der Waals surface area contributed by atoms with E-state index in [1.54, 1.807) is 38.5 Å². The molecule has 0 bridgehead atoms. The van der Waals surface area contributed by atoms with Gasteiger partial charge < -0.3 is 24.1 Å². The summed E-state index contributed by atoms with van der Waals surface area (Å²) >= 11 is 0. The molecule has 1 N–H and O–H groups in total. The monoisotopic (exact) mass is 456 g/mol. The van der Waals surface area contributed by atoms with Gasteiger partial charge in [-0.15, -0.1) is 0 Å². The number of ether oxygens (including phenoxy) is 4. The van der Waals surface area contributed by atoms with Crippen LogP contribution < -0.4 is 18.9 Å². The number of hydrogen-bond donors (Lipinski definition) is 1. The SMILES string of the molecule is COc1ccc(C(O)c2ccc(OC)c(OCc3ccccc3)c2)cc1OCc1ccccc1. The highest BCUT2D eigenvalue weighted by atomic mass is 16.5. The van der Waals surface area contributed by atoms with Gasteiger partial charge in [0.05, 0.1) is 14.2 Å². The zero-order chi connectivity index (χ0) is 23.8. The molecular weight excluding hydrogens is 428 g/mol. The molecule has 0 aliphatic rings. The molecule has 174 valence electrons. The van der Waals surface area contributed by atoms with Gasteiger partial charge in [0.25, 0.3) is 0 Å². The summed E-state index contributed by atoms with van der Waals surface area (Å²) in [4.78, 5) is 0. The largest absolute Gasteiger partial charge is 0.493 e. The van der Waals surface area contributed by atoms with Crippen LogP contribution in [0.3, 0.4) is 0 Å². The van der Waals surface area contributed by atoms with Crippen molar-refractivity contribution in [2.45, 2.75) is 19.3 Å². The zero-order valence-electron chi connectivity index (χ0n) is 19.3. The Kier molecular flexibility index (Phi) is 7.68. The summed E-state index contributed by atoms with van der Waals surface area (Å²) in [6, 6.07) is 30.7. The van der Waals surface area contributed by atoms with Gasteiger partial charge in [0.15, 0.2) is 23.0 Å². The van der Waals surface area contributed by atoms with Crippen LogP contribution in [0.2, 0.25) is 0 Å². The van der Waals surface area contributed by atoms with Crippen LogP contribution in [0.25, 0.3) is 0 Å². The maximum Gasteiger partial charge on any atom is 0.162 e. The molecule has 0 aromatic heterocycles. The van der Waals surface area contributed by atoms with Crippen molar-refractivity contribution < 1.29 is 24.1 Å². The van der Waals surface area contributed by atoms with Gasteiger partial charge in [-0.2, -0.15) is 0 Å². The standard InChI is InChI=1S/C29H28O5/c1-31-25-15-13-23(17-27(25)33-19-21-9-5-3-6-10-21)29(30)24-14-16-26(32-2)28(18-24)34-20-22-11-7-4-8-12-22/h3-18,29-30H,19-20H2,1-2H3. The fourth-order valence-corrected chi connectivity index (χ4v) is 3.62. The van der Waals surface area contributed by atoms with E-state index < -0.39 is 6.10 Å². The number of aliphatic hydroxyl groups is 1. The second-order valence-electron chi connectivity index (χ2n) is 7.77. The van der Waals surface area contributed by atoms with E-state index in [0.717, 1.165) is 11.1 Å². The second-order valence-corrected chi connectivity index (χ2v) is 7.77. The fraction of sp³-hybridized carbons (Fsp3) is 0.172. The Morgan fingerprint density at radius 1 is 0.559 bits per heavy atom. The lowest BCUT2D eigenvalue weighted by atomic mass is 10.0. The van der Waals surface area contributed by atoms with E-state index >= 15 is 0 Å². The van der Waals surface area contributed by atoms with Gasteiger partial charge in [0.1, 0.15) is 19.3 Å². The Hall–Kier alpha value is -3.96. The highest BCUT2D eigenvalue weighted by molar-refractivity contribution is 5.48. The minimum Gasteiger partial charge on any atom is -0.493 e. The van der Waals surface area contributed by atoms with Gasteiger partial charge >= 0.3 is 0 Å². The third kappa shape index (κ3) is 5.69. The van der Waals surface area contributed by atoms with Crippen LogP contribution in [-0.4, -0.2) is 19.3 Å². The molecule has 34 heavy (non-hydrogen) atoms. The Morgan fingerprint density at radius 2 is 0.971 bits per heavy atom. The van der Waals surface area contributed by atoms with Crippen LogP contribution in [0.5, 0.6) is 23.0 Å². The van der Waals surface area contributed by atoms with Crippen molar-refractivity contribution in [3.63, 3.8) is 0 Å². The first-order valence-corrected chi connectivity index (χ1v) is 11.1. The molecule has 0 aliphatic heterocycles. The summed E-state index contributed by atoms with van der Waals surface area (Å²) < 4.78 is 22.9. The molecule has 0 unspecified atom stereocenters. The van der Waals surface area contributed by atoms with Crippen molar-refractivity contribution in [3.05, 3.63) is 119 Å². The highest BCUT2D eigenvalue weighted by Crippen LogP contribution is 2.36. The third-order valence-corrected chi connectivity index (χ3v) is 5.48. The zero-order valence-corrected chi connectivity index (χ0v) is 19.3. The molecule has 0 fully saturated rings. The molecule has 0 saturated carbocycles. The van der Waals surface area contributed by atoms with Crippen molar-refractivity contribution in [1.29, 1.82) is 0 Å². The Bertz CT molecular complexity index is 1100. The van der Waals surface area contributed by atoms with E-state index in [-0.39, 0.29) is 0 Å². The first-order chi connectivity index (χ1) is 16.7. The van der Waals surface area contributed by atoms with Crippen LogP contribution in [-0.2, 0) is 13.2 Å². The lowest BCUT2D eigenvalue weighted by Gasteiger charge is -2.18. The molecule has 0 heterocycles. The first-order valence-electron chi connectivity index (χ1n) is 11.1. The molecule has 0 aliphatic carbocycles. The topological polar surface area (TPSA) is 57.2 Å². The van der Waals surface area contributed by atoms with Crippen LogP contribution >= 0.6 is 0 Å². The van der Waals surface area contributed by atoms with Crippen LogP contribution in [0.15, 0.2) is 97.1 Å². The van der Waals surface area contributed by atoms with Crippen LogP contribution in [0.4, 0.5) is 0 Å². The smallest absolute Gasteiger partial charge is 0.162 e. The van der Waals surface area contributed by atoms with E-state index in [4.69, 9.17) is 18.9 Å². The molecule has 4 aromatic rings. The number of methoxy groups -OCH3 is 2. The number of rotatable bonds is 10. The quantitative estimate of drug-likeness (QED) is 0.320. The lowest BCUT2D eigenvalue weighted by molar-refractivity contribution is 0.216. The molecule has 0 atom stereocenters. The Balaban J connectivity index is 1.54. The molecule has 5 heteroatoms. The van der Waals surface area contributed by atoms with Gasteiger partial charge in [-0.3, -0.25) is 0 Å².